The van der Waals surface area contributed by atoms with Crippen molar-refractivity contribution in [2.45, 2.75) is 23.0 Å². The maximum Gasteiger partial charge on any atom is 0.182 e. The van der Waals surface area contributed by atoms with E-state index in [1.54, 1.807) is 18.2 Å². The molecule has 5 heteroatoms. The van der Waals surface area contributed by atoms with E-state index in [1.807, 2.05) is 0 Å². The lowest BCUT2D eigenvalue weighted by Crippen LogP contribution is -2.18. The van der Waals surface area contributed by atoms with Crippen molar-refractivity contribution in [2.24, 2.45) is 0 Å². The first kappa shape index (κ1) is 11.4. The Kier molecular flexibility index (Phi) is 2.90. The second kappa shape index (κ2) is 4.07. The number of methoxy groups -OCH3 is 1. The summed E-state index contributed by atoms with van der Waals surface area (Å²) >= 11 is 0. The van der Waals surface area contributed by atoms with Crippen LogP contribution in [0.15, 0.2) is 23.1 Å². The molecule has 0 fully saturated rings. The summed E-state index contributed by atoms with van der Waals surface area (Å²) in [6, 6.07) is 5.04. The Hall–Kier alpha value is -1.07. The van der Waals surface area contributed by atoms with Crippen LogP contribution in [-0.2, 0) is 16.3 Å². The summed E-state index contributed by atoms with van der Waals surface area (Å²) in [5, 5.41) is 8.36. The summed E-state index contributed by atoms with van der Waals surface area (Å²) in [7, 11) is -1.75. The molecule has 1 atom stereocenters. The van der Waals surface area contributed by atoms with Gasteiger partial charge in [-0.2, -0.15) is 0 Å². The maximum absolute atomic E-state index is 12.1. The van der Waals surface area contributed by atoms with Gasteiger partial charge in [-0.1, -0.05) is 6.07 Å². The third-order valence-corrected chi connectivity index (χ3v) is 5.21. The van der Waals surface area contributed by atoms with E-state index in [0.717, 1.165) is 5.56 Å². The number of benzene rings is 1. The molecule has 0 bridgehead atoms. The number of hydrogen-bond acceptors (Lipinski definition) is 4. The lowest BCUT2D eigenvalue weighted by Gasteiger charge is -2.05. The predicted octanol–water partition coefficient (Wildman–Crippen LogP) is 0.776. The molecule has 0 saturated carbocycles. The average Bonchev–Trinajstić information content (AvgIpc) is 2.52. The summed E-state index contributed by atoms with van der Waals surface area (Å²) in [5.74, 6) is 0.613. The third kappa shape index (κ3) is 1.60. The first-order valence-electron chi connectivity index (χ1n) is 5.12. The van der Waals surface area contributed by atoms with E-state index >= 15 is 0 Å². The van der Waals surface area contributed by atoms with Crippen LogP contribution in [0.1, 0.15) is 12.0 Å². The average molecular weight is 242 g/mol. The Labute approximate surface area is 94.8 Å². The number of rotatable bonds is 3. The molecule has 0 radical (unpaired) electrons. The van der Waals surface area contributed by atoms with Crippen molar-refractivity contribution in [1.29, 1.82) is 0 Å². The number of aliphatic hydroxyl groups is 1. The third-order valence-electron chi connectivity index (χ3n) is 2.94. The highest BCUT2D eigenvalue weighted by Gasteiger charge is 2.37. The SMILES string of the molecule is COc1cccc2c1CC(CCO)S2(=O)=O. The van der Waals surface area contributed by atoms with E-state index in [0.29, 0.717) is 17.1 Å². The molecule has 1 heterocycles. The van der Waals surface area contributed by atoms with Crippen molar-refractivity contribution in [3.8, 4) is 5.75 Å². The number of hydrogen-bond donors (Lipinski definition) is 1. The van der Waals surface area contributed by atoms with E-state index in [1.165, 1.54) is 7.11 Å². The zero-order chi connectivity index (χ0) is 11.8. The fourth-order valence-corrected chi connectivity index (χ4v) is 4.08. The summed E-state index contributed by atoms with van der Waals surface area (Å²) in [6.45, 7) is -0.111. The van der Waals surface area contributed by atoms with Crippen LogP contribution in [0.4, 0.5) is 0 Å². The van der Waals surface area contributed by atoms with Crippen molar-refractivity contribution < 1.29 is 18.3 Å². The molecule has 4 nitrogen and oxygen atoms in total. The maximum atomic E-state index is 12.1. The van der Waals surface area contributed by atoms with Crippen LogP contribution in [0.5, 0.6) is 5.75 Å². The lowest BCUT2D eigenvalue weighted by atomic mass is 10.1. The highest BCUT2D eigenvalue weighted by Crippen LogP contribution is 2.37. The Balaban J connectivity index is 2.51. The fourth-order valence-electron chi connectivity index (χ4n) is 2.12. The summed E-state index contributed by atoms with van der Waals surface area (Å²) in [4.78, 5) is 0.352. The molecule has 1 aliphatic heterocycles. The van der Waals surface area contributed by atoms with Crippen LogP contribution in [0.2, 0.25) is 0 Å². The van der Waals surface area contributed by atoms with E-state index in [2.05, 4.69) is 0 Å². The van der Waals surface area contributed by atoms with Crippen LogP contribution in [0, 0.1) is 0 Å². The van der Waals surface area contributed by atoms with E-state index in [-0.39, 0.29) is 13.0 Å². The van der Waals surface area contributed by atoms with E-state index in [4.69, 9.17) is 9.84 Å². The largest absolute Gasteiger partial charge is 0.496 e. The van der Waals surface area contributed by atoms with Gasteiger partial charge in [-0.25, -0.2) is 8.42 Å². The highest BCUT2D eigenvalue weighted by molar-refractivity contribution is 7.92. The molecule has 1 unspecified atom stereocenters. The van der Waals surface area contributed by atoms with Gasteiger partial charge in [0, 0.05) is 12.2 Å². The minimum absolute atomic E-state index is 0.111. The monoisotopic (exact) mass is 242 g/mol. The Morgan fingerprint density at radius 3 is 2.88 bits per heavy atom. The molecular formula is C11H14O4S. The molecule has 0 saturated heterocycles. The Bertz CT molecular complexity index is 493. The van der Waals surface area contributed by atoms with Gasteiger partial charge in [-0.15, -0.1) is 0 Å². The van der Waals surface area contributed by atoms with Crippen LogP contribution < -0.4 is 4.74 Å². The van der Waals surface area contributed by atoms with Gasteiger partial charge < -0.3 is 9.84 Å². The molecule has 2 rings (SSSR count). The Morgan fingerprint density at radius 1 is 1.50 bits per heavy atom. The minimum Gasteiger partial charge on any atom is -0.496 e. The Morgan fingerprint density at radius 2 is 2.25 bits per heavy atom. The van der Waals surface area contributed by atoms with Crippen molar-refractivity contribution in [2.75, 3.05) is 13.7 Å². The summed E-state index contributed by atoms with van der Waals surface area (Å²) in [6.07, 6.45) is 0.711. The molecule has 88 valence electrons. The highest BCUT2D eigenvalue weighted by atomic mass is 32.2. The fraction of sp³-hybridized carbons (Fsp3) is 0.455. The molecule has 0 spiro atoms. The second-order valence-corrected chi connectivity index (χ2v) is 6.02. The van der Waals surface area contributed by atoms with Crippen LogP contribution >= 0.6 is 0 Å². The molecule has 1 aromatic rings. The first-order valence-corrected chi connectivity index (χ1v) is 6.66. The smallest absolute Gasteiger partial charge is 0.182 e. The van der Waals surface area contributed by atoms with E-state index in [9.17, 15) is 8.42 Å². The van der Waals surface area contributed by atoms with Crippen molar-refractivity contribution in [3.05, 3.63) is 23.8 Å². The number of sulfone groups is 1. The van der Waals surface area contributed by atoms with Gasteiger partial charge in [0.2, 0.25) is 0 Å². The molecule has 0 aliphatic carbocycles. The first-order chi connectivity index (χ1) is 7.61. The molecule has 1 aromatic carbocycles. The number of aliphatic hydroxyl groups excluding tert-OH is 1. The molecule has 0 aromatic heterocycles. The van der Waals surface area contributed by atoms with Gasteiger partial charge in [-0.3, -0.25) is 0 Å². The predicted molar refractivity (Wildman–Crippen MR) is 59.4 cm³/mol. The molecule has 1 aliphatic rings. The molecule has 1 N–H and O–H groups in total. The van der Waals surface area contributed by atoms with Gasteiger partial charge in [-0.05, 0) is 25.0 Å². The van der Waals surface area contributed by atoms with Crippen molar-refractivity contribution >= 4 is 9.84 Å². The van der Waals surface area contributed by atoms with Crippen LogP contribution in [0.25, 0.3) is 0 Å². The molecule has 0 amide bonds. The van der Waals surface area contributed by atoms with Gasteiger partial charge in [0.25, 0.3) is 0 Å². The van der Waals surface area contributed by atoms with Gasteiger partial charge in [0.1, 0.15) is 5.75 Å². The van der Waals surface area contributed by atoms with Gasteiger partial charge in [0.15, 0.2) is 9.84 Å². The molecule has 16 heavy (non-hydrogen) atoms. The van der Waals surface area contributed by atoms with Crippen LogP contribution in [0.3, 0.4) is 0 Å². The standard InChI is InChI=1S/C11H14O4S/c1-15-10-3-2-4-11-9(10)7-8(5-6-12)16(11,13)14/h2-4,8,12H,5-7H2,1H3. The number of fused-ring (bicyclic) bond motifs is 1. The number of ether oxygens (including phenoxy) is 1. The minimum atomic E-state index is -3.28. The van der Waals surface area contributed by atoms with Crippen LogP contribution in [-0.4, -0.2) is 32.5 Å². The van der Waals surface area contributed by atoms with Crippen molar-refractivity contribution in [3.63, 3.8) is 0 Å². The van der Waals surface area contributed by atoms with Gasteiger partial charge in [0.05, 0.1) is 17.3 Å². The van der Waals surface area contributed by atoms with Gasteiger partial charge >= 0.3 is 0 Å². The van der Waals surface area contributed by atoms with Crippen molar-refractivity contribution in [1.82, 2.24) is 0 Å². The zero-order valence-corrected chi connectivity index (χ0v) is 9.83. The quantitative estimate of drug-likeness (QED) is 0.850. The lowest BCUT2D eigenvalue weighted by molar-refractivity contribution is 0.285. The molecular weight excluding hydrogens is 228 g/mol. The zero-order valence-electron chi connectivity index (χ0n) is 9.01. The normalized spacial score (nSPS) is 21.8. The summed E-state index contributed by atoms with van der Waals surface area (Å²) < 4.78 is 29.3. The summed E-state index contributed by atoms with van der Waals surface area (Å²) in [5.41, 5.74) is 0.739. The second-order valence-electron chi connectivity index (χ2n) is 3.82. The van der Waals surface area contributed by atoms with E-state index < -0.39 is 15.1 Å². The topological polar surface area (TPSA) is 63.6 Å².